The third-order valence-electron chi connectivity index (χ3n) is 5.05. The zero-order valence-electron chi connectivity index (χ0n) is 16.2. The SMILES string of the molecule is CC1(C)CN(Cc2cccc(OCC(N)=O)c2)CCN1Cc1ccccc1. The van der Waals surface area contributed by atoms with Crippen LogP contribution in [0.1, 0.15) is 25.0 Å². The molecule has 0 unspecified atom stereocenters. The van der Waals surface area contributed by atoms with E-state index in [4.69, 9.17) is 10.5 Å². The van der Waals surface area contributed by atoms with Crippen molar-refractivity contribution in [2.75, 3.05) is 26.2 Å². The first-order chi connectivity index (χ1) is 12.9. The van der Waals surface area contributed by atoms with Gasteiger partial charge in [0.1, 0.15) is 5.75 Å². The highest BCUT2D eigenvalue weighted by molar-refractivity contribution is 5.75. The quantitative estimate of drug-likeness (QED) is 0.817. The first-order valence-corrected chi connectivity index (χ1v) is 9.44. The number of hydrogen-bond acceptors (Lipinski definition) is 4. The average Bonchev–Trinajstić information content (AvgIpc) is 2.63. The van der Waals surface area contributed by atoms with Crippen molar-refractivity contribution in [1.29, 1.82) is 0 Å². The van der Waals surface area contributed by atoms with E-state index in [0.717, 1.165) is 32.7 Å². The Bertz CT molecular complexity index is 761. The summed E-state index contributed by atoms with van der Waals surface area (Å²) in [7, 11) is 0. The van der Waals surface area contributed by atoms with Crippen LogP contribution in [0.3, 0.4) is 0 Å². The monoisotopic (exact) mass is 367 g/mol. The van der Waals surface area contributed by atoms with Gasteiger partial charge in [-0.2, -0.15) is 0 Å². The minimum atomic E-state index is -0.461. The van der Waals surface area contributed by atoms with E-state index in [2.05, 4.69) is 60.0 Å². The lowest BCUT2D eigenvalue weighted by atomic mass is 9.97. The van der Waals surface area contributed by atoms with Crippen molar-refractivity contribution in [3.05, 3.63) is 65.7 Å². The van der Waals surface area contributed by atoms with Crippen LogP contribution >= 0.6 is 0 Å². The Balaban J connectivity index is 1.59. The van der Waals surface area contributed by atoms with Crippen molar-refractivity contribution in [1.82, 2.24) is 9.80 Å². The summed E-state index contributed by atoms with van der Waals surface area (Å²) in [5, 5.41) is 0. The summed E-state index contributed by atoms with van der Waals surface area (Å²) < 4.78 is 5.42. The number of benzene rings is 2. The van der Waals surface area contributed by atoms with E-state index in [1.807, 2.05) is 18.2 Å². The standard InChI is InChI=1S/C22H29N3O2/c1-22(2)17-24(11-12-25(22)15-18-7-4-3-5-8-18)14-19-9-6-10-20(13-19)27-16-21(23)26/h3-10,13H,11-12,14-17H2,1-2H3,(H2,23,26). The number of carbonyl (C=O) groups is 1. The van der Waals surface area contributed by atoms with Crippen LogP contribution < -0.4 is 10.5 Å². The number of nitrogens with zero attached hydrogens (tertiary/aromatic N) is 2. The molecule has 2 aromatic rings. The minimum Gasteiger partial charge on any atom is -0.484 e. The van der Waals surface area contributed by atoms with E-state index < -0.39 is 5.91 Å². The molecule has 0 aromatic heterocycles. The van der Waals surface area contributed by atoms with Gasteiger partial charge in [0.25, 0.3) is 5.91 Å². The molecule has 1 amide bonds. The van der Waals surface area contributed by atoms with Crippen LogP contribution in [0.5, 0.6) is 5.75 Å². The van der Waals surface area contributed by atoms with Crippen LogP contribution in [0.25, 0.3) is 0 Å². The Morgan fingerprint density at radius 1 is 1.04 bits per heavy atom. The Morgan fingerprint density at radius 3 is 2.48 bits per heavy atom. The first kappa shape index (κ1) is 19.4. The van der Waals surface area contributed by atoms with E-state index in [1.54, 1.807) is 0 Å². The molecule has 27 heavy (non-hydrogen) atoms. The predicted octanol–water partition coefficient (Wildman–Crippen LogP) is 2.65. The number of piperazine rings is 1. The third-order valence-corrected chi connectivity index (χ3v) is 5.05. The zero-order chi connectivity index (χ0) is 19.3. The lowest BCUT2D eigenvalue weighted by molar-refractivity contribution is -0.119. The average molecular weight is 367 g/mol. The van der Waals surface area contributed by atoms with Crippen LogP contribution in [0.15, 0.2) is 54.6 Å². The highest BCUT2D eigenvalue weighted by Gasteiger charge is 2.33. The number of primary amides is 1. The van der Waals surface area contributed by atoms with Gasteiger partial charge in [-0.15, -0.1) is 0 Å². The van der Waals surface area contributed by atoms with Gasteiger partial charge < -0.3 is 10.5 Å². The molecular weight excluding hydrogens is 338 g/mol. The molecule has 0 atom stereocenters. The summed E-state index contributed by atoms with van der Waals surface area (Å²) in [6.45, 7) is 9.47. The van der Waals surface area contributed by atoms with Gasteiger partial charge in [-0.25, -0.2) is 0 Å². The fourth-order valence-electron chi connectivity index (χ4n) is 3.67. The second-order valence-electron chi connectivity index (χ2n) is 7.83. The second-order valence-corrected chi connectivity index (χ2v) is 7.83. The summed E-state index contributed by atoms with van der Waals surface area (Å²) in [5.41, 5.74) is 7.80. The molecule has 1 aliphatic rings. The minimum absolute atomic E-state index is 0.0886. The molecule has 2 aromatic carbocycles. The predicted molar refractivity (Wildman–Crippen MR) is 107 cm³/mol. The van der Waals surface area contributed by atoms with Crippen LogP contribution in [-0.2, 0) is 17.9 Å². The molecule has 5 heteroatoms. The third kappa shape index (κ3) is 5.55. The lowest BCUT2D eigenvalue weighted by Crippen LogP contribution is -2.58. The Labute approximate surface area is 161 Å². The van der Waals surface area contributed by atoms with Crippen LogP contribution in [0.4, 0.5) is 0 Å². The smallest absolute Gasteiger partial charge is 0.255 e. The van der Waals surface area contributed by atoms with Gasteiger partial charge in [0.05, 0.1) is 0 Å². The fourth-order valence-corrected chi connectivity index (χ4v) is 3.67. The number of amides is 1. The number of carbonyl (C=O) groups excluding carboxylic acids is 1. The largest absolute Gasteiger partial charge is 0.484 e. The molecule has 0 bridgehead atoms. The van der Waals surface area contributed by atoms with Gasteiger partial charge in [-0.05, 0) is 37.1 Å². The molecular formula is C22H29N3O2. The number of nitrogens with two attached hydrogens (primary N) is 1. The normalized spacial score (nSPS) is 17.6. The molecule has 1 saturated heterocycles. The molecule has 0 aliphatic carbocycles. The molecule has 0 saturated carbocycles. The van der Waals surface area contributed by atoms with Gasteiger partial charge in [0.2, 0.25) is 0 Å². The van der Waals surface area contributed by atoms with Crippen LogP contribution in [0.2, 0.25) is 0 Å². The molecule has 5 nitrogen and oxygen atoms in total. The Morgan fingerprint density at radius 2 is 1.78 bits per heavy atom. The van der Waals surface area contributed by atoms with Crippen LogP contribution in [-0.4, -0.2) is 47.5 Å². The van der Waals surface area contributed by atoms with Crippen molar-refractivity contribution in [3.8, 4) is 5.75 Å². The number of rotatable bonds is 7. The Hall–Kier alpha value is -2.37. The number of ether oxygens (including phenoxy) is 1. The van der Waals surface area contributed by atoms with Gasteiger partial charge in [0, 0.05) is 38.3 Å². The summed E-state index contributed by atoms with van der Waals surface area (Å²) in [6, 6.07) is 18.6. The van der Waals surface area contributed by atoms with Gasteiger partial charge in [0.15, 0.2) is 6.61 Å². The zero-order valence-corrected chi connectivity index (χ0v) is 16.2. The van der Waals surface area contributed by atoms with E-state index >= 15 is 0 Å². The van der Waals surface area contributed by atoms with Crippen molar-refractivity contribution in [2.24, 2.45) is 5.73 Å². The molecule has 1 heterocycles. The van der Waals surface area contributed by atoms with E-state index in [-0.39, 0.29) is 12.1 Å². The fraction of sp³-hybridized carbons (Fsp3) is 0.409. The van der Waals surface area contributed by atoms with E-state index in [9.17, 15) is 4.79 Å². The van der Waals surface area contributed by atoms with Gasteiger partial charge in [-0.1, -0.05) is 42.5 Å². The van der Waals surface area contributed by atoms with Crippen molar-refractivity contribution >= 4 is 5.91 Å². The van der Waals surface area contributed by atoms with Gasteiger partial charge in [-0.3, -0.25) is 14.6 Å². The number of hydrogen-bond donors (Lipinski definition) is 1. The van der Waals surface area contributed by atoms with Crippen LogP contribution in [0, 0.1) is 0 Å². The van der Waals surface area contributed by atoms with E-state index in [1.165, 1.54) is 11.1 Å². The maximum atomic E-state index is 10.9. The highest BCUT2D eigenvalue weighted by Crippen LogP contribution is 2.25. The molecule has 2 N–H and O–H groups in total. The van der Waals surface area contributed by atoms with Gasteiger partial charge >= 0.3 is 0 Å². The summed E-state index contributed by atoms with van der Waals surface area (Å²) >= 11 is 0. The second kappa shape index (κ2) is 8.55. The molecule has 144 valence electrons. The molecule has 1 fully saturated rings. The maximum Gasteiger partial charge on any atom is 0.255 e. The van der Waals surface area contributed by atoms with E-state index in [0.29, 0.717) is 5.75 Å². The topological polar surface area (TPSA) is 58.8 Å². The molecule has 3 rings (SSSR count). The molecule has 0 spiro atoms. The molecule has 0 radical (unpaired) electrons. The highest BCUT2D eigenvalue weighted by atomic mass is 16.5. The summed E-state index contributed by atoms with van der Waals surface area (Å²) in [5.74, 6) is 0.227. The first-order valence-electron chi connectivity index (χ1n) is 9.44. The summed E-state index contributed by atoms with van der Waals surface area (Å²) in [4.78, 5) is 15.9. The molecule has 1 aliphatic heterocycles. The van der Waals surface area contributed by atoms with Crippen molar-refractivity contribution in [3.63, 3.8) is 0 Å². The van der Waals surface area contributed by atoms with Crippen molar-refractivity contribution < 1.29 is 9.53 Å². The van der Waals surface area contributed by atoms with Crippen molar-refractivity contribution in [2.45, 2.75) is 32.5 Å². The Kier molecular flexibility index (Phi) is 6.14. The maximum absolute atomic E-state index is 10.9. The summed E-state index contributed by atoms with van der Waals surface area (Å²) in [6.07, 6.45) is 0. The lowest BCUT2D eigenvalue weighted by Gasteiger charge is -2.47.